The number of ether oxygens (including phenoxy) is 1. The largest absolute Gasteiger partial charge is 0.456 e. The van der Waals surface area contributed by atoms with E-state index < -0.39 is 0 Å². The van der Waals surface area contributed by atoms with Gasteiger partial charge in [0.2, 0.25) is 0 Å². The third-order valence-corrected chi connectivity index (χ3v) is 12.2. The first-order chi connectivity index (χ1) is 28.2. The summed E-state index contributed by atoms with van der Waals surface area (Å²) in [7, 11) is 0. The highest BCUT2D eigenvalue weighted by Crippen LogP contribution is 2.55. The van der Waals surface area contributed by atoms with Crippen LogP contribution >= 0.6 is 0 Å². The topological polar surface area (TPSA) is 33.8 Å². The number of fused-ring (bicyclic) bond motifs is 11. The van der Waals surface area contributed by atoms with E-state index in [1.54, 1.807) is 0 Å². The molecule has 3 aliphatic heterocycles. The van der Waals surface area contributed by atoms with Gasteiger partial charge in [0, 0.05) is 50.4 Å². The van der Waals surface area contributed by atoms with Crippen LogP contribution in [0.4, 0.5) is 28.4 Å². The molecule has 8 aromatic carbocycles. The fraction of sp³-hybridized carbons (Fsp3) is 0.0196. The van der Waals surface area contributed by atoms with Crippen molar-refractivity contribution in [3.63, 3.8) is 0 Å². The lowest BCUT2D eigenvalue weighted by Gasteiger charge is -2.42. The van der Waals surface area contributed by atoms with Gasteiger partial charge in [0.1, 0.15) is 11.3 Å². The van der Waals surface area contributed by atoms with Gasteiger partial charge in [-0.25, -0.2) is 0 Å². The molecule has 13 rings (SSSR count). The summed E-state index contributed by atoms with van der Waals surface area (Å²) < 4.78 is 15.8. The first-order valence-corrected chi connectivity index (χ1v) is 19.5. The quantitative estimate of drug-likeness (QED) is 0.170. The predicted octanol–water partition coefficient (Wildman–Crippen LogP) is 12.3. The molecule has 0 atom stereocenters. The second kappa shape index (κ2) is 11.3. The number of hydrogen-bond acceptors (Lipinski definition) is 4. The Kier molecular flexibility index (Phi) is 6.12. The SMILES string of the molecule is Cc1ccc(N2B3c4cc5cc(-c6ccccc6)oc5cc4-n4c5ccccc5c5c(N6c7ccccc7Oc7ccccc76)cc(c3c54)-c3ccccc32)cc1. The van der Waals surface area contributed by atoms with Crippen LogP contribution in [0, 0.1) is 6.92 Å². The number of rotatable bonds is 3. The molecular formula is C51H32BN3O2. The first kappa shape index (κ1) is 30.8. The maximum absolute atomic E-state index is 6.73. The average Bonchev–Trinajstić information content (AvgIpc) is 3.85. The van der Waals surface area contributed by atoms with Crippen LogP contribution < -0.4 is 25.4 Å². The van der Waals surface area contributed by atoms with Crippen LogP contribution in [-0.4, -0.2) is 11.4 Å². The Morgan fingerprint density at radius 1 is 0.544 bits per heavy atom. The second-order valence-electron chi connectivity index (χ2n) is 15.4. The number of aryl methyl sites for hydroxylation is 1. The zero-order chi connectivity index (χ0) is 37.4. The van der Waals surface area contributed by atoms with Gasteiger partial charge in [-0.15, -0.1) is 0 Å². The molecule has 2 aromatic heterocycles. The molecule has 57 heavy (non-hydrogen) atoms. The first-order valence-electron chi connectivity index (χ1n) is 19.5. The molecule has 0 bridgehead atoms. The Hall–Kier alpha value is -7.44. The highest BCUT2D eigenvalue weighted by molar-refractivity contribution is 6.94. The average molecular weight is 730 g/mol. The van der Waals surface area contributed by atoms with E-state index in [2.05, 4.69) is 179 Å². The summed E-state index contributed by atoms with van der Waals surface area (Å²) in [5.74, 6) is 2.54. The molecule has 10 aromatic rings. The summed E-state index contributed by atoms with van der Waals surface area (Å²) in [4.78, 5) is 4.99. The zero-order valence-electron chi connectivity index (χ0n) is 31.0. The molecule has 5 nitrogen and oxygen atoms in total. The van der Waals surface area contributed by atoms with Crippen molar-refractivity contribution < 1.29 is 9.15 Å². The van der Waals surface area contributed by atoms with Gasteiger partial charge in [-0.2, -0.15) is 0 Å². The summed E-state index contributed by atoms with van der Waals surface area (Å²) >= 11 is 0. The summed E-state index contributed by atoms with van der Waals surface area (Å²) in [6, 6.07) is 63.3. The van der Waals surface area contributed by atoms with Gasteiger partial charge in [-0.1, -0.05) is 115 Å². The maximum Gasteiger partial charge on any atom is 0.333 e. The molecule has 0 N–H and O–H groups in total. The smallest absolute Gasteiger partial charge is 0.333 e. The van der Waals surface area contributed by atoms with E-state index in [0.717, 1.165) is 67.7 Å². The minimum atomic E-state index is -0.121. The maximum atomic E-state index is 6.73. The van der Waals surface area contributed by atoms with E-state index in [4.69, 9.17) is 9.15 Å². The zero-order valence-corrected chi connectivity index (χ0v) is 31.0. The van der Waals surface area contributed by atoms with Crippen LogP contribution in [0.15, 0.2) is 180 Å². The van der Waals surface area contributed by atoms with Gasteiger partial charge in [-0.3, -0.25) is 0 Å². The Labute approximate surface area is 329 Å². The van der Waals surface area contributed by atoms with Crippen molar-refractivity contribution in [2.24, 2.45) is 0 Å². The van der Waals surface area contributed by atoms with E-state index in [0.29, 0.717) is 0 Å². The number of benzene rings is 8. The van der Waals surface area contributed by atoms with Crippen LogP contribution in [0.5, 0.6) is 11.5 Å². The van der Waals surface area contributed by atoms with Gasteiger partial charge in [0.05, 0.1) is 28.1 Å². The Bertz CT molecular complexity index is 3260. The van der Waals surface area contributed by atoms with Gasteiger partial charge in [-0.05, 0) is 84.1 Å². The third kappa shape index (κ3) is 4.19. The molecule has 0 unspecified atom stereocenters. The summed E-state index contributed by atoms with van der Waals surface area (Å²) in [6.07, 6.45) is 0. The van der Waals surface area contributed by atoms with Crippen molar-refractivity contribution in [1.82, 2.24) is 4.57 Å². The molecule has 0 saturated carbocycles. The molecule has 0 spiro atoms. The Balaban J connectivity index is 1.21. The van der Waals surface area contributed by atoms with Gasteiger partial charge in [0.15, 0.2) is 11.5 Å². The van der Waals surface area contributed by atoms with E-state index in [1.807, 2.05) is 18.2 Å². The van der Waals surface area contributed by atoms with Gasteiger partial charge in [0.25, 0.3) is 0 Å². The molecular weight excluding hydrogens is 697 g/mol. The van der Waals surface area contributed by atoms with Crippen LogP contribution in [-0.2, 0) is 0 Å². The lowest BCUT2D eigenvalue weighted by molar-refractivity contribution is 0.477. The number of hydrogen-bond donors (Lipinski definition) is 0. The Morgan fingerprint density at radius 3 is 2.02 bits per heavy atom. The van der Waals surface area contributed by atoms with E-state index in [-0.39, 0.29) is 6.85 Å². The molecule has 5 heterocycles. The van der Waals surface area contributed by atoms with Crippen LogP contribution in [0.3, 0.4) is 0 Å². The van der Waals surface area contributed by atoms with Crippen molar-refractivity contribution in [2.75, 3.05) is 9.71 Å². The van der Waals surface area contributed by atoms with Crippen molar-refractivity contribution in [2.45, 2.75) is 6.92 Å². The molecule has 0 saturated heterocycles. The van der Waals surface area contributed by atoms with Crippen molar-refractivity contribution >= 4 is 79.0 Å². The normalized spacial score (nSPS) is 13.4. The monoisotopic (exact) mass is 729 g/mol. The number of aromatic nitrogens is 1. The van der Waals surface area contributed by atoms with Crippen LogP contribution in [0.2, 0.25) is 0 Å². The number of para-hydroxylation sites is 6. The standard InChI is InChI=1S/C51H32BN3O2/c1-31-23-25-34(26-24-31)55-40-18-8-5-15-35(40)37-29-44(53-41-19-9-11-21-45(41)56-46-22-12-10-20-42(46)53)49-36-16-6-7-17-39(36)54-43-30-48-33(27-38(43)52(55)50(37)51(49)54)28-47(57-48)32-13-3-2-4-14-32/h2-30H,1H3. The molecule has 266 valence electrons. The Morgan fingerprint density at radius 2 is 1.23 bits per heavy atom. The van der Waals surface area contributed by atoms with Crippen molar-refractivity contribution in [3.8, 4) is 39.6 Å². The molecule has 0 aliphatic carbocycles. The van der Waals surface area contributed by atoms with Crippen LogP contribution in [0.25, 0.3) is 60.9 Å². The molecule has 6 heteroatoms. The number of furan rings is 1. The summed E-state index contributed by atoms with van der Waals surface area (Å²) in [6.45, 7) is 2.04. The fourth-order valence-corrected chi connectivity index (χ4v) is 9.78. The van der Waals surface area contributed by atoms with E-state index in [1.165, 1.54) is 49.6 Å². The lowest BCUT2D eigenvalue weighted by Crippen LogP contribution is -2.60. The molecule has 0 radical (unpaired) electrons. The number of nitrogens with zero attached hydrogens (tertiary/aromatic N) is 3. The molecule has 3 aliphatic rings. The minimum Gasteiger partial charge on any atom is -0.456 e. The molecule has 0 fully saturated rings. The summed E-state index contributed by atoms with van der Waals surface area (Å²) in [5.41, 5.74) is 17.1. The van der Waals surface area contributed by atoms with E-state index in [9.17, 15) is 0 Å². The van der Waals surface area contributed by atoms with Crippen LogP contribution in [0.1, 0.15) is 5.56 Å². The van der Waals surface area contributed by atoms with Gasteiger partial charge < -0.3 is 23.4 Å². The van der Waals surface area contributed by atoms with Gasteiger partial charge >= 0.3 is 6.85 Å². The third-order valence-electron chi connectivity index (χ3n) is 12.2. The number of anilines is 5. The lowest BCUT2D eigenvalue weighted by atomic mass is 9.44. The highest BCUT2D eigenvalue weighted by atomic mass is 16.5. The van der Waals surface area contributed by atoms with E-state index >= 15 is 0 Å². The van der Waals surface area contributed by atoms with Crippen molar-refractivity contribution in [1.29, 1.82) is 0 Å². The predicted molar refractivity (Wildman–Crippen MR) is 235 cm³/mol. The van der Waals surface area contributed by atoms with Crippen molar-refractivity contribution in [3.05, 3.63) is 181 Å². The minimum absolute atomic E-state index is 0.121. The molecule has 0 amide bonds. The second-order valence-corrected chi connectivity index (χ2v) is 15.4. The fourth-order valence-electron chi connectivity index (χ4n) is 9.78. The highest BCUT2D eigenvalue weighted by Gasteiger charge is 2.45. The summed E-state index contributed by atoms with van der Waals surface area (Å²) in [5, 5.41) is 3.49.